The Labute approximate surface area is 186 Å². The molecule has 0 aliphatic heterocycles. The zero-order valence-corrected chi connectivity index (χ0v) is 20.7. The van der Waals surface area contributed by atoms with Crippen LogP contribution < -0.4 is 0 Å². The maximum atomic E-state index is 12.2. The highest BCUT2D eigenvalue weighted by molar-refractivity contribution is 5.99. The van der Waals surface area contributed by atoms with Crippen molar-refractivity contribution in [2.24, 2.45) is 11.3 Å². The first-order valence-corrected chi connectivity index (χ1v) is 12.7. The van der Waals surface area contributed by atoms with Gasteiger partial charge in [0.25, 0.3) is 0 Å². The number of hydrogen-bond donors (Lipinski definition) is 0. The van der Waals surface area contributed by atoms with E-state index in [0.717, 1.165) is 25.7 Å². The summed E-state index contributed by atoms with van der Waals surface area (Å²) in [5.74, 6) is -0.376. The van der Waals surface area contributed by atoms with Crippen LogP contribution in [0.25, 0.3) is 0 Å². The molecule has 0 saturated carbocycles. The summed E-state index contributed by atoms with van der Waals surface area (Å²) >= 11 is 0. The van der Waals surface area contributed by atoms with Crippen molar-refractivity contribution < 1.29 is 19.1 Å². The Morgan fingerprint density at radius 3 is 1.40 bits per heavy atom. The van der Waals surface area contributed by atoms with Crippen LogP contribution in [0.1, 0.15) is 131 Å². The second kappa shape index (κ2) is 18.7. The third-order valence-corrected chi connectivity index (χ3v) is 5.66. The standard InChI is InChI=1S/C26H50O4/c1-6-7-8-9-10-11-12-13-14-15-16-17-18-21-29-24(27)26(4,5)25(28)30-22-19-20-23(2)3/h23H,6-22H2,1-5H3. The molecular weight excluding hydrogens is 376 g/mol. The molecule has 0 radical (unpaired) electrons. The topological polar surface area (TPSA) is 52.6 Å². The summed E-state index contributed by atoms with van der Waals surface area (Å²) in [6.45, 7) is 10.5. The molecule has 178 valence electrons. The van der Waals surface area contributed by atoms with Crippen molar-refractivity contribution in [3.05, 3.63) is 0 Å². The van der Waals surface area contributed by atoms with E-state index in [1.807, 2.05) is 0 Å². The van der Waals surface area contributed by atoms with Gasteiger partial charge in [0.2, 0.25) is 0 Å². The summed E-state index contributed by atoms with van der Waals surface area (Å²) in [5, 5.41) is 0. The zero-order chi connectivity index (χ0) is 22.7. The number of unbranched alkanes of at least 4 members (excludes halogenated alkanes) is 12. The van der Waals surface area contributed by atoms with Crippen molar-refractivity contribution in [3.8, 4) is 0 Å². The molecular formula is C26H50O4. The Morgan fingerprint density at radius 1 is 0.633 bits per heavy atom. The van der Waals surface area contributed by atoms with Crippen LogP contribution in [0.5, 0.6) is 0 Å². The van der Waals surface area contributed by atoms with Gasteiger partial charge in [-0.2, -0.15) is 0 Å². The van der Waals surface area contributed by atoms with Crippen molar-refractivity contribution in [2.45, 2.75) is 131 Å². The Bertz CT molecular complexity index is 429. The van der Waals surface area contributed by atoms with E-state index in [1.54, 1.807) is 13.8 Å². The van der Waals surface area contributed by atoms with Crippen LogP contribution in [-0.4, -0.2) is 25.2 Å². The Morgan fingerprint density at radius 2 is 1.00 bits per heavy atom. The van der Waals surface area contributed by atoms with Crippen LogP contribution in [0.15, 0.2) is 0 Å². The normalized spacial score (nSPS) is 11.7. The van der Waals surface area contributed by atoms with E-state index in [1.165, 1.54) is 70.6 Å². The van der Waals surface area contributed by atoms with Gasteiger partial charge in [0, 0.05) is 0 Å². The maximum Gasteiger partial charge on any atom is 0.322 e. The molecule has 0 aromatic heterocycles. The molecule has 0 heterocycles. The van der Waals surface area contributed by atoms with Gasteiger partial charge in [-0.25, -0.2) is 0 Å². The quantitative estimate of drug-likeness (QED) is 0.114. The van der Waals surface area contributed by atoms with E-state index >= 15 is 0 Å². The van der Waals surface area contributed by atoms with Gasteiger partial charge in [-0.1, -0.05) is 97.8 Å². The van der Waals surface area contributed by atoms with Crippen molar-refractivity contribution in [2.75, 3.05) is 13.2 Å². The smallest absolute Gasteiger partial charge is 0.322 e. The molecule has 0 fully saturated rings. The van der Waals surface area contributed by atoms with Crippen molar-refractivity contribution in [1.82, 2.24) is 0 Å². The van der Waals surface area contributed by atoms with Gasteiger partial charge < -0.3 is 9.47 Å². The van der Waals surface area contributed by atoms with Crippen LogP contribution in [0.3, 0.4) is 0 Å². The van der Waals surface area contributed by atoms with Crippen molar-refractivity contribution >= 4 is 11.9 Å². The number of rotatable bonds is 20. The van der Waals surface area contributed by atoms with Gasteiger partial charge >= 0.3 is 11.9 Å². The second-order valence-corrected chi connectivity index (χ2v) is 9.68. The van der Waals surface area contributed by atoms with Crippen LogP contribution in [-0.2, 0) is 19.1 Å². The molecule has 0 N–H and O–H groups in total. The fourth-order valence-corrected chi connectivity index (χ4v) is 3.39. The van der Waals surface area contributed by atoms with E-state index in [0.29, 0.717) is 19.1 Å². The Balaban J connectivity index is 3.61. The molecule has 0 atom stereocenters. The van der Waals surface area contributed by atoms with Crippen LogP contribution in [0.2, 0.25) is 0 Å². The van der Waals surface area contributed by atoms with Gasteiger partial charge in [-0.05, 0) is 39.0 Å². The fourth-order valence-electron chi connectivity index (χ4n) is 3.39. The highest BCUT2D eigenvalue weighted by atomic mass is 16.6. The fraction of sp³-hybridized carbons (Fsp3) is 0.923. The maximum absolute atomic E-state index is 12.2. The van der Waals surface area contributed by atoms with Crippen LogP contribution in [0, 0.1) is 11.3 Å². The lowest BCUT2D eigenvalue weighted by Gasteiger charge is -2.21. The summed E-state index contributed by atoms with van der Waals surface area (Å²) < 4.78 is 10.6. The number of hydrogen-bond acceptors (Lipinski definition) is 4. The van der Waals surface area contributed by atoms with Crippen molar-refractivity contribution in [3.63, 3.8) is 0 Å². The minimum Gasteiger partial charge on any atom is -0.465 e. The third kappa shape index (κ3) is 15.7. The van der Waals surface area contributed by atoms with Crippen LogP contribution >= 0.6 is 0 Å². The highest BCUT2D eigenvalue weighted by Gasteiger charge is 2.39. The van der Waals surface area contributed by atoms with E-state index in [4.69, 9.17) is 9.47 Å². The van der Waals surface area contributed by atoms with Crippen molar-refractivity contribution in [1.29, 1.82) is 0 Å². The number of esters is 2. The van der Waals surface area contributed by atoms with Gasteiger partial charge in [-0.3, -0.25) is 9.59 Å². The number of ether oxygens (including phenoxy) is 2. The minimum absolute atomic E-state index is 0.368. The molecule has 4 nitrogen and oxygen atoms in total. The van der Waals surface area contributed by atoms with Crippen LogP contribution in [0.4, 0.5) is 0 Å². The van der Waals surface area contributed by atoms with E-state index < -0.39 is 17.4 Å². The molecule has 0 saturated heterocycles. The van der Waals surface area contributed by atoms with Gasteiger partial charge in [0.1, 0.15) is 0 Å². The molecule has 0 spiro atoms. The molecule has 0 amide bonds. The summed E-state index contributed by atoms with van der Waals surface area (Å²) in [6, 6.07) is 0. The largest absolute Gasteiger partial charge is 0.465 e. The number of carbonyl (C=O) groups excluding carboxylic acids is 2. The third-order valence-electron chi connectivity index (χ3n) is 5.66. The minimum atomic E-state index is -1.23. The lowest BCUT2D eigenvalue weighted by Crippen LogP contribution is -2.37. The molecule has 0 rings (SSSR count). The van der Waals surface area contributed by atoms with E-state index in [9.17, 15) is 9.59 Å². The predicted octanol–water partition coefficient (Wildman–Crippen LogP) is 7.63. The Kier molecular flexibility index (Phi) is 18.0. The first-order chi connectivity index (χ1) is 14.3. The summed E-state index contributed by atoms with van der Waals surface area (Å²) in [7, 11) is 0. The molecule has 4 heteroatoms. The monoisotopic (exact) mass is 426 g/mol. The molecule has 0 aromatic carbocycles. The molecule has 0 aliphatic carbocycles. The molecule has 30 heavy (non-hydrogen) atoms. The summed E-state index contributed by atoms with van der Waals surface area (Å²) in [6.07, 6.45) is 18.5. The molecule has 0 aromatic rings. The van der Waals surface area contributed by atoms with Gasteiger partial charge in [-0.15, -0.1) is 0 Å². The molecule has 0 bridgehead atoms. The summed E-state index contributed by atoms with van der Waals surface area (Å²) in [4.78, 5) is 24.4. The lowest BCUT2D eigenvalue weighted by molar-refractivity contribution is -0.170. The SMILES string of the molecule is CCCCCCCCCCCCCCCOC(=O)C(C)(C)C(=O)OCCCC(C)C. The van der Waals surface area contributed by atoms with E-state index in [2.05, 4.69) is 20.8 Å². The average Bonchev–Trinajstić information content (AvgIpc) is 2.70. The number of carbonyl (C=O) groups is 2. The first-order valence-electron chi connectivity index (χ1n) is 12.7. The molecule has 0 aliphatic rings. The first kappa shape index (κ1) is 28.9. The van der Waals surface area contributed by atoms with E-state index in [-0.39, 0.29) is 0 Å². The zero-order valence-electron chi connectivity index (χ0n) is 20.7. The summed E-state index contributed by atoms with van der Waals surface area (Å²) in [5.41, 5.74) is -1.23. The van der Waals surface area contributed by atoms with Gasteiger partial charge in [0.05, 0.1) is 13.2 Å². The highest BCUT2D eigenvalue weighted by Crippen LogP contribution is 2.20. The average molecular weight is 427 g/mol. The second-order valence-electron chi connectivity index (χ2n) is 9.68. The Hall–Kier alpha value is -1.06. The van der Waals surface area contributed by atoms with Gasteiger partial charge in [0.15, 0.2) is 5.41 Å². The molecule has 0 unspecified atom stereocenters. The predicted molar refractivity (Wildman–Crippen MR) is 125 cm³/mol. The lowest BCUT2D eigenvalue weighted by atomic mass is 9.94.